The van der Waals surface area contributed by atoms with Crippen LogP contribution in [0.15, 0.2) is 23.4 Å². The van der Waals surface area contributed by atoms with Crippen LogP contribution < -0.4 is 5.14 Å². The number of nitrogens with one attached hydrogen (secondary N) is 1. The molecule has 3 N–H and O–H groups in total. The molecule has 17 heavy (non-hydrogen) atoms. The lowest BCUT2D eigenvalue weighted by Crippen LogP contribution is -2.13. The fraction of sp³-hybridized carbons (Fsp3) is 0. The third kappa shape index (κ3) is 2.58. The summed E-state index contributed by atoms with van der Waals surface area (Å²) in [7, 11) is -3.90. The van der Waals surface area contributed by atoms with Crippen LogP contribution in [-0.4, -0.2) is 23.6 Å². The van der Waals surface area contributed by atoms with Gasteiger partial charge in [-0.25, -0.2) is 18.7 Å². The van der Waals surface area contributed by atoms with Gasteiger partial charge in [0.15, 0.2) is 5.82 Å². The number of benzene rings is 1. The van der Waals surface area contributed by atoms with E-state index in [0.717, 1.165) is 0 Å². The highest BCUT2D eigenvalue weighted by molar-refractivity contribution is 7.89. The van der Waals surface area contributed by atoms with Gasteiger partial charge >= 0.3 is 0 Å². The fourth-order valence-electron chi connectivity index (χ4n) is 1.14. The molecular weight excluding hydrogens is 287 g/mol. The van der Waals surface area contributed by atoms with Crippen molar-refractivity contribution in [2.75, 3.05) is 0 Å². The van der Waals surface area contributed by atoms with E-state index in [0.29, 0.717) is 15.6 Å². The molecule has 0 saturated heterocycles. The van der Waals surface area contributed by atoms with Crippen LogP contribution in [0.4, 0.5) is 0 Å². The molecule has 0 spiro atoms. The van der Waals surface area contributed by atoms with Gasteiger partial charge in [0.25, 0.3) is 15.2 Å². The molecule has 1 aromatic heterocycles. The molecule has 0 amide bonds. The molecule has 0 unspecified atom stereocenters. The molecule has 9 heteroatoms. The van der Waals surface area contributed by atoms with E-state index in [2.05, 4.69) is 15.2 Å². The van der Waals surface area contributed by atoms with Gasteiger partial charge in [0.05, 0.1) is 10.0 Å². The second kappa shape index (κ2) is 4.26. The van der Waals surface area contributed by atoms with Gasteiger partial charge in [-0.15, -0.1) is 0 Å². The highest BCUT2D eigenvalue weighted by atomic mass is 35.5. The molecule has 0 radical (unpaired) electrons. The summed E-state index contributed by atoms with van der Waals surface area (Å²) >= 11 is 11.6. The van der Waals surface area contributed by atoms with Gasteiger partial charge in [0.2, 0.25) is 0 Å². The second-order valence-corrected chi connectivity index (χ2v) is 5.43. The van der Waals surface area contributed by atoms with E-state index in [4.69, 9.17) is 28.3 Å². The molecular formula is C8H6Cl2N4O2S. The van der Waals surface area contributed by atoms with E-state index < -0.39 is 15.2 Å². The summed E-state index contributed by atoms with van der Waals surface area (Å²) in [6, 6.07) is 4.70. The van der Waals surface area contributed by atoms with Crippen molar-refractivity contribution in [2.24, 2.45) is 5.14 Å². The predicted octanol–water partition coefficient (Wildman–Crippen LogP) is 1.43. The summed E-state index contributed by atoms with van der Waals surface area (Å²) in [6.07, 6.45) is 0. The zero-order valence-electron chi connectivity index (χ0n) is 8.18. The Morgan fingerprint density at radius 1 is 1.24 bits per heavy atom. The van der Waals surface area contributed by atoms with Crippen molar-refractivity contribution in [3.63, 3.8) is 0 Å². The molecule has 2 rings (SSSR count). The maximum atomic E-state index is 11.0. The van der Waals surface area contributed by atoms with Crippen molar-refractivity contribution in [3.8, 4) is 11.4 Å². The van der Waals surface area contributed by atoms with Crippen molar-refractivity contribution in [1.82, 2.24) is 15.2 Å². The van der Waals surface area contributed by atoms with Gasteiger partial charge in [-0.2, -0.15) is 10.1 Å². The Kier molecular flexibility index (Phi) is 3.09. The Labute approximate surface area is 107 Å². The quantitative estimate of drug-likeness (QED) is 0.874. The van der Waals surface area contributed by atoms with Crippen LogP contribution in [0, 0.1) is 0 Å². The molecule has 0 fully saturated rings. The summed E-state index contributed by atoms with van der Waals surface area (Å²) in [5, 5.41) is 11.2. The number of hydrogen-bond acceptors (Lipinski definition) is 4. The van der Waals surface area contributed by atoms with E-state index in [1.165, 1.54) is 6.07 Å². The Morgan fingerprint density at radius 2 is 1.94 bits per heavy atom. The van der Waals surface area contributed by atoms with Crippen LogP contribution >= 0.6 is 23.2 Å². The summed E-state index contributed by atoms with van der Waals surface area (Å²) in [6.45, 7) is 0. The van der Waals surface area contributed by atoms with E-state index in [9.17, 15) is 8.42 Å². The van der Waals surface area contributed by atoms with Crippen molar-refractivity contribution >= 4 is 33.2 Å². The lowest BCUT2D eigenvalue weighted by molar-refractivity contribution is 0.589. The number of halogens is 2. The SMILES string of the molecule is NS(=O)(=O)c1nc(-c2ccc(Cl)c(Cl)c2)n[nH]1. The molecule has 90 valence electrons. The zero-order chi connectivity index (χ0) is 12.6. The minimum Gasteiger partial charge on any atom is -0.248 e. The molecule has 0 atom stereocenters. The normalized spacial score (nSPS) is 11.7. The predicted molar refractivity (Wildman–Crippen MR) is 63.2 cm³/mol. The van der Waals surface area contributed by atoms with Crippen LogP contribution in [0.5, 0.6) is 0 Å². The van der Waals surface area contributed by atoms with Gasteiger partial charge in [-0.1, -0.05) is 23.2 Å². The van der Waals surface area contributed by atoms with Crippen molar-refractivity contribution < 1.29 is 8.42 Å². The average Bonchev–Trinajstić information content (AvgIpc) is 2.70. The Morgan fingerprint density at radius 3 is 2.47 bits per heavy atom. The van der Waals surface area contributed by atoms with Gasteiger partial charge < -0.3 is 0 Å². The largest absolute Gasteiger partial charge is 0.273 e. The van der Waals surface area contributed by atoms with Gasteiger partial charge in [0, 0.05) is 5.56 Å². The maximum absolute atomic E-state index is 11.0. The van der Waals surface area contributed by atoms with E-state index in [1.807, 2.05) is 0 Å². The summed E-state index contributed by atoms with van der Waals surface area (Å²) in [5.41, 5.74) is 0.533. The minimum absolute atomic E-state index is 0.174. The van der Waals surface area contributed by atoms with Crippen molar-refractivity contribution in [2.45, 2.75) is 5.16 Å². The maximum Gasteiger partial charge on any atom is 0.273 e. The number of primary sulfonamides is 1. The molecule has 0 aliphatic heterocycles. The number of aromatic nitrogens is 3. The van der Waals surface area contributed by atoms with E-state index in [-0.39, 0.29) is 5.82 Å². The number of hydrogen-bond donors (Lipinski definition) is 2. The van der Waals surface area contributed by atoms with E-state index >= 15 is 0 Å². The number of sulfonamides is 1. The van der Waals surface area contributed by atoms with Crippen LogP contribution in [-0.2, 0) is 10.0 Å². The smallest absolute Gasteiger partial charge is 0.248 e. The van der Waals surface area contributed by atoms with Gasteiger partial charge in [-0.05, 0) is 18.2 Å². The highest BCUT2D eigenvalue weighted by Crippen LogP contribution is 2.26. The van der Waals surface area contributed by atoms with Gasteiger partial charge in [-0.3, -0.25) is 0 Å². The van der Waals surface area contributed by atoms with Crippen LogP contribution in [0.3, 0.4) is 0 Å². The third-order valence-electron chi connectivity index (χ3n) is 1.91. The third-order valence-corrected chi connectivity index (χ3v) is 3.37. The first-order valence-electron chi connectivity index (χ1n) is 4.28. The highest BCUT2D eigenvalue weighted by Gasteiger charge is 2.15. The van der Waals surface area contributed by atoms with Crippen LogP contribution in [0.1, 0.15) is 0 Å². The Hall–Kier alpha value is -1.15. The molecule has 0 aliphatic carbocycles. The standard InChI is InChI=1S/C8H6Cl2N4O2S/c9-5-2-1-4(3-6(5)10)7-12-8(14-13-7)17(11,15)16/h1-3H,(H2,11,15,16)(H,12,13,14). The fourth-order valence-corrected chi connectivity index (χ4v) is 1.82. The van der Waals surface area contributed by atoms with E-state index in [1.54, 1.807) is 12.1 Å². The number of nitrogens with zero attached hydrogens (tertiary/aromatic N) is 2. The summed E-state index contributed by atoms with van der Waals surface area (Å²) < 4.78 is 22.0. The second-order valence-electron chi connectivity index (χ2n) is 3.14. The Bertz CT molecular complexity index is 668. The van der Waals surface area contributed by atoms with Crippen LogP contribution in [0.25, 0.3) is 11.4 Å². The number of nitrogens with two attached hydrogens (primary N) is 1. The Balaban J connectivity index is 2.47. The van der Waals surface area contributed by atoms with Crippen molar-refractivity contribution in [1.29, 1.82) is 0 Å². The lowest BCUT2D eigenvalue weighted by Gasteiger charge is -1.97. The number of rotatable bonds is 2. The number of H-pyrrole nitrogens is 1. The van der Waals surface area contributed by atoms with Crippen molar-refractivity contribution in [3.05, 3.63) is 28.2 Å². The lowest BCUT2D eigenvalue weighted by atomic mass is 10.2. The monoisotopic (exact) mass is 292 g/mol. The molecule has 0 aliphatic rings. The summed E-state index contributed by atoms with van der Waals surface area (Å²) in [4.78, 5) is 3.74. The topological polar surface area (TPSA) is 102 Å². The first kappa shape index (κ1) is 12.3. The first-order valence-corrected chi connectivity index (χ1v) is 6.59. The molecule has 1 heterocycles. The molecule has 0 bridgehead atoms. The molecule has 2 aromatic rings. The van der Waals surface area contributed by atoms with Gasteiger partial charge in [0.1, 0.15) is 0 Å². The first-order chi connectivity index (χ1) is 7.88. The van der Waals surface area contributed by atoms with Crippen LogP contribution in [0.2, 0.25) is 10.0 Å². The zero-order valence-corrected chi connectivity index (χ0v) is 10.5. The number of aromatic amines is 1. The average molecular weight is 293 g/mol. The molecule has 1 aromatic carbocycles. The minimum atomic E-state index is -3.90. The molecule has 6 nitrogen and oxygen atoms in total. The molecule has 0 saturated carbocycles. The summed E-state index contributed by atoms with van der Waals surface area (Å²) in [5.74, 6) is 0.174.